The molecule has 1 saturated heterocycles. The minimum atomic E-state index is -0.571. The highest BCUT2D eigenvalue weighted by atomic mass is 79.9. The Balaban J connectivity index is 2.03. The lowest BCUT2D eigenvalue weighted by Gasteiger charge is -2.31. The second kappa shape index (κ2) is 7.55. The first-order valence-electron chi connectivity index (χ1n) is 7.30. The molecule has 2 N–H and O–H groups in total. The summed E-state index contributed by atoms with van der Waals surface area (Å²) >= 11 is 3.53. The van der Waals surface area contributed by atoms with Crippen molar-refractivity contribution < 1.29 is 14.9 Å². The Kier molecular flexibility index (Phi) is 6.02. The third-order valence-electron chi connectivity index (χ3n) is 4.26. The number of aliphatic hydroxyl groups excluding tert-OH is 2. The number of hydrogen-bond donors (Lipinski definition) is 2. The van der Waals surface area contributed by atoms with E-state index < -0.39 is 5.41 Å². The van der Waals surface area contributed by atoms with E-state index in [1.54, 1.807) is 0 Å². The van der Waals surface area contributed by atoms with Crippen LogP contribution in [0.25, 0.3) is 0 Å². The average molecular weight is 343 g/mol. The fourth-order valence-corrected chi connectivity index (χ4v) is 3.65. The van der Waals surface area contributed by atoms with Gasteiger partial charge in [0.1, 0.15) is 0 Å². The SMILES string of the molecule is OCC(CO)(CCCC1CCCO1)c1ccccc1Br. The Hall–Kier alpha value is -0.420. The maximum atomic E-state index is 9.83. The predicted octanol–water partition coefficient (Wildman–Crippen LogP) is 3.02. The van der Waals surface area contributed by atoms with Crippen LogP contribution in [0.5, 0.6) is 0 Å². The van der Waals surface area contributed by atoms with E-state index in [0.29, 0.717) is 6.10 Å². The van der Waals surface area contributed by atoms with Gasteiger partial charge in [-0.2, -0.15) is 0 Å². The second-order valence-electron chi connectivity index (χ2n) is 5.60. The summed E-state index contributed by atoms with van der Waals surface area (Å²) in [6.45, 7) is 0.787. The number of ether oxygens (including phenoxy) is 1. The number of halogens is 1. The highest BCUT2D eigenvalue weighted by Gasteiger charge is 2.32. The lowest BCUT2D eigenvalue weighted by Crippen LogP contribution is -2.35. The van der Waals surface area contributed by atoms with Crippen molar-refractivity contribution in [3.63, 3.8) is 0 Å². The van der Waals surface area contributed by atoms with E-state index in [4.69, 9.17) is 4.74 Å². The highest BCUT2D eigenvalue weighted by Crippen LogP contribution is 2.35. The third-order valence-corrected chi connectivity index (χ3v) is 4.95. The number of hydrogen-bond acceptors (Lipinski definition) is 3. The fraction of sp³-hybridized carbons (Fsp3) is 0.625. The molecule has 1 unspecified atom stereocenters. The molecule has 0 bridgehead atoms. The zero-order valence-corrected chi connectivity index (χ0v) is 13.3. The molecular weight excluding hydrogens is 320 g/mol. The van der Waals surface area contributed by atoms with E-state index in [2.05, 4.69) is 15.9 Å². The molecule has 1 aromatic carbocycles. The van der Waals surface area contributed by atoms with Crippen molar-refractivity contribution in [3.05, 3.63) is 34.3 Å². The van der Waals surface area contributed by atoms with Crippen LogP contribution in [0.2, 0.25) is 0 Å². The van der Waals surface area contributed by atoms with E-state index in [1.807, 2.05) is 24.3 Å². The molecule has 1 aromatic rings. The molecule has 0 spiro atoms. The van der Waals surface area contributed by atoms with Crippen LogP contribution >= 0.6 is 15.9 Å². The molecule has 0 saturated carbocycles. The first-order chi connectivity index (χ1) is 9.72. The van der Waals surface area contributed by atoms with Gasteiger partial charge in [-0.25, -0.2) is 0 Å². The molecule has 2 rings (SSSR count). The summed E-state index contributed by atoms with van der Waals surface area (Å²) in [7, 11) is 0. The van der Waals surface area contributed by atoms with E-state index >= 15 is 0 Å². The van der Waals surface area contributed by atoms with Gasteiger partial charge >= 0.3 is 0 Å². The molecule has 3 nitrogen and oxygen atoms in total. The van der Waals surface area contributed by atoms with E-state index in [9.17, 15) is 10.2 Å². The van der Waals surface area contributed by atoms with Gasteiger partial charge in [0, 0.05) is 16.5 Å². The molecular formula is C16H23BrO3. The molecule has 1 aliphatic rings. The van der Waals surface area contributed by atoms with Crippen molar-refractivity contribution >= 4 is 15.9 Å². The van der Waals surface area contributed by atoms with Crippen LogP contribution in [-0.4, -0.2) is 36.1 Å². The van der Waals surface area contributed by atoms with Gasteiger partial charge in [-0.15, -0.1) is 0 Å². The maximum Gasteiger partial charge on any atom is 0.0576 e. The molecule has 0 aliphatic carbocycles. The van der Waals surface area contributed by atoms with Gasteiger partial charge in [-0.3, -0.25) is 0 Å². The molecule has 4 heteroatoms. The van der Waals surface area contributed by atoms with Crippen molar-refractivity contribution in [1.29, 1.82) is 0 Å². The molecule has 1 fully saturated rings. The van der Waals surface area contributed by atoms with Crippen LogP contribution in [0.3, 0.4) is 0 Å². The molecule has 112 valence electrons. The Morgan fingerprint density at radius 2 is 2.00 bits per heavy atom. The Morgan fingerprint density at radius 1 is 1.25 bits per heavy atom. The average Bonchev–Trinajstić information content (AvgIpc) is 2.98. The van der Waals surface area contributed by atoms with Gasteiger partial charge in [0.15, 0.2) is 0 Å². The van der Waals surface area contributed by atoms with E-state index in [-0.39, 0.29) is 13.2 Å². The molecule has 0 amide bonds. The van der Waals surface area contributed by atoms with Crippen molar-refractivity contribution in [1.82, 2.24) is 0 Å². The standard InChI is InChI=1S/C16H23BrO3/c17-15-8-2-1-7-14(15)16(11-18,12-19)9-3-5-13-6-4-10-20-13/h1-2,7-8,13,18-19H,3-6,9-12H2. The van der Waals surface area contributed by atoms with Crippen molar-refractivity contribution in [3.8, 4) is 0 Å². The quantitative estimate of drug-likeness (QED) is 0.800. The number of aliphatic hydroxyl groups is 2. The van der Waals surface area contributed by atoms with Crippen LogP contribution in [0.15, 0.2) is 28.7 Å². The smallest absolute Gasteiger partial charge is 0.0576 e. The van der Waals surface area contributed by atoms with Gasteiger partial charge < -0.3 is 14.9 Å². The Morgan fingerprint density at radius 3 is 2.60 bits per heavy atom. The summed E-state index contributed by atoms with van der Waals surface area (Å²) in [6, 6.07) is 7.82. The lowest BCUT2D eigenvalue weighted by atomic mass is 9.77. The van der Waals surface area contributed by atoms with Crippen LogP contribution < -0.4 is 0 Å². The monoisotopic (exact) mass is 342 g/mol. The van der Waals surface area contributed by atoms with E-state index in [1.165, 1.54) is 0 Å². The molecule has 1 aliphatic heterocycles. The van der Waals surface area contributed by atoms with Crippen molar-refractivity contribution in [2.24, 2.45) is 0 Å². The Labute approximate surface area is 129 Å². The normalized spacial score (nSPS) is 19.4. The molecule has 1 atom stereocenters. The van der Waals surface area contributed by atoms with Gasteiger partial charge in [0.25, 0.3) is 0 Å². The van der Waals surface area contributed by atoms with Crippen molar-refractivity contribution in [2.45, 2.75) is 43.6 Å². The summed E-state index contributed by atoms with van der Waals surface area (Å²) in [6.07, 6.45) is 5.38. The number of rotatable bonds is 7. The zero-order chi connectivity index (χ0) is 14.4. The second-order valence-corrected chi connectivity index (χ2v) is 6.46. The largest absolute Gasteiger partial charge is 0.395 e. The van der Waals surface area contributed by atoms with Crippen LogP contribution in [0.4, 0.5) is 0 Å². The molecule has 1 heterocycles. The summed E-state index contributed by atoms with van der Waals surface area (Å²) < 4.78 is 6.57. The van der Waals surface area contributed by atoms with Crippen LogP contribution in [-0.2, 0) is 10.2 Å². The summed E-state index contributed by atoms with van der Waals surface area (Å²) in [5.74, 6) is 0. The lowest BCUT2D eigenvalue weighted by molar-refractivity contribution is 0.0839. The highest BCUT2D eigenvalue weighted by molar-refractivity contribution is 9.10. The Bertz CT molecular complexity index is 412. The molecule has 20 heavy (non-hydrogen) atoms. The number of benzene rings is 1. The fourth-order valence-electron chi connectivity index (χ4n) is 2.94. The maximum absolute atomic E-state index is 9.83. The van der Waals surface area contributed by atoms with Crippen molar-refractivity contribution in [2.75, 3.05) is 19.8 Å². The predicted molar refractivity (Wildman–Crippen MR) is 82.8 cm³/mol. The van der Waals surface area contributed by atoms with E-state index in [0.717, 1.165) is 48.7 Å². The summed E-state index contributed by atoms with van der Waals surface area (Å²) in [4.78, 5) is 0. The summed E-state index contributed by atoms with van der Waals surface area (Å²) in [5.41, 5.74) is 0.413. The first-order valence-corrected chi connectivity index (χ1v) is 8.09. The van der Waals surface area contributed by atoms with Crippen LogP contribution in [0.1, 0.15) is 37.7 Å². The summed E-state index contributed by atoms with van der Waals surface area (Å²) in [5, 5.41) is 19.7. The van der Waals surface area contributed by atoms with Gasteiger partial charge in [-0.05, 0) is 43.7 Å². The third kappa shape index (κ3) is 3.61. The van der Waals surface area contributed by atoms with Gasteiger partial charge in [0.05, 0.1) is 19.3 Å². The zero-order valence-electron chi connectivity index (χ0n) is 11.7. The molecule has 0 aromatic heterocycles. The minimum absolute atomic E-state index is 0.0440. The minimum Gasteiger partial charge on any atom is -0.395 e. The van der Waals surface area contributed by atoms with Gasteiger partial charge in [0.2, 0.25) is 0 Å². The van der Waals surface area contributed by atoms with Crippen LogP contribution in [0, 0.1) is 0 Å². The molecule has 0 radical (unpaired) electrons. The van der Waals surface area contributed by atoms with Gasteiger partial charge in [-0.1, -0.05) is 34.1 Å². The first kappa shape index (κ1) is 16.0. The topological polar surface area (TPSA) is 49.7 Å².